The number of ether oxygens (including phenoxy) is 9. The number of methoxy groups -OCH3 is 1. The number of hydrogen-bond acceptors (Lipinski definition) is 16. The lowest BCUT2D eigenvalue weighted by Crippen LogP contribution is -2.61. The van der Waals surface area contributed by atoms with Gasteiger partial charge in [0.1, 0.15) is 42.4 Å². The molecule has 0 saturated carbocycles. The Balaban J connectivity index is 1.62. The molecule has 17 atom stereocenters. The van der Waals surface area contributed by atoms with E-state index in [0.717, 1.165) is 6.29 Å². The molecule has 0 unspecified atom stereocenters. The summed E-state index contributed by atoms with van der Waals surface area (Å²) < 4.78 is 54.6. The molecule has 320 valence electrons. The summed E-state index contributed by atoms with van der Waals surface area (Å²) in [6.45, 7) is 11.7. The summed E-state index contributed by atoms with van der Waals surface area (Å²) in [5.41, 5.74) is -1.42. The van der Waals surface area contributed by atoms with Gasteiger partial charge >= 0.3 is 17.9 Å². The monoisotopic (exact) mass is 799 g/mol. The van der Waals surface area contributed by atoms with Crippen LogP contribution in [-0.4, -0.2) is 152 Å². The van der Waals surface area contributed by atoms with Crippen LogP contribution in [0.15, 0.2) is 12.2 Å². The summed E-state index contributed by atoms with van der Waals surface area (Å²) in [4.78, 5) is 52.1. The van der Waals surface area contributed by atoms with Gasteiger partial charge in [-0.2, -0.15) is 0 Å². The van der Waals surface area contributed by atoms with Gasteiger partial charge in [-0.15, -0.1) is 0 Å². The number of aliphatic hydroxyl groups is 2. The van der Waals surface area contributed by atoms with Crippen molar-refractivity contribution < 1.29 is 72.0 Å². The molecule has 56 heavy (non-hydrogen) atoms. The van der Waals surface area contributed by atoms with E-state index >= 15 is 0 Å². The molecule has 0 aromatic carbocycles. The van der Waals surface area contributed by atoms with E-state index in [1.54, 1.807) is 39.8 Å². The normalized spacial score (nSPS) is 43.2. The van der Waals surface area contributed by atoms with E-state index in [2.05, 4.69) is 0 Å². The zero-order valence-electron chi connectivity index (χ0n) is 34.6. The number of esters is 3. The second kappa shape index (κ2) is 20.4. The number of cyclic esters (lactones) is 1. The molecule has 4 rings (SSSR count). The minimum Gasteiger partial charge on any atom is -0.462 e. The number of aldehydes is 1. The quantitative estimate of drug-likeness (QED) is 0.102. The summed E-state index contributed by atoms with van der Waals surface area (Å²) in [7, 11) is 5.20. The molecule has 0 aliphatic carbocycles. The first-order valence-electron chi connectivity index (χ1n) is 19.9. The van der Waals surface area contributed by atoms with Crippen LogP contribution in [0.5, 0.6) is 0 Å². The Labute approximate surface area is 330 Å². The van der Waals surface area contributed by atoms with Crippen molar-refractivity contribution in [2.24, 2.45) is 11.8 Å². The lowest BCUT2D eigenvalue weighted by atomic mass is 9.82. The van der Waals surface area contributed by atoms with Crippen LogP contribution in [0.4, 0.5) is 0 Å². The zero-order valence-corrected chi connectivity index (χ0v) is 34.6. The molecule has 0 aromatic rings. The lowest BCUT2D eigenvalue weighted by Gasteiger charge is -2.48. The van der Waals surface area contributed by atoms with E-state index < -0.39 is 96.9 Å². The Morgan fingerprint density at radius 1 is 0.964 bits per heavy atom. The van der Waals surface area contributed by atoms with Crippen LogP contribution in [0.1, 0.15) is 93.4 Å². The van der Waals surface area contributed by atoms with Gasteiger partial charge in [-0.05, 0) is 60.0 Å². The van der Waals surface area contributed by atoms with Gasteiger partial charge in [0.15, 0.2) is 18.7 Å². The largest absolute Gasteiger partial charge is 0.462 e. The zero-order chi connectivity index (χ0) is 41.5. The fourth-order valence-corrected chi connectivity index (χ4v) is 8.24. The van der Waals surface area contributed by atoms with E-state index in [4.69, 9.17) is 42.6 Å². The summed E-state index contributed by atoms with van der Waals surface area (Å²) in [6.07, 6.45) is -4.20. The molecule has 4 aliphatic heterocycles. The van der Waals surface area contributed by atoms with Crippen molar-refractivity contribution in [2.75, 3.05) is 21.2 Å². The maximum absolute atomic E-state index is 13.3. The average molecular weight is 800 g/mol. The molecule has 16 nitrogen and oxygen atoms in total. The Bertz CT molecular complexity index is 1340. The van der Waals surface area contributed by atoms with Crippen molar-refractivity contribution in [1.29, 1.82) is 0 Å². The number of nitrogens with zero attached hydrogens (tertiary/aromatic N) is 1. The Hall–Kier alpha value is -2.54. The number of aliphatic hydroxyl groups excluding tert-OH is 1. The highest BCUT2D eigenvalue weighted by atomic mass is 16.7. The molecule has 3 fully saturated rings. The van der Waals surface area contributed by atoms with Gasteiger partial charge in [-0.3, -0.25) is 14.4 Å². The first-order chi connectivity index (χ1) is 26.4. The Morgan fingerprint density at radius 2 is 1.64 bits per heavy atom. The third-order valence-corrected chi connectivity index (χ3v) is 11.2. The average Bonchev–Trinajstić information content (AvgIpc) is 3.85. The van der Waals surface area contributed by atoms with E-state index in [-0.39, 0.29) is 56.3 Å². The van der Waals surface area contributed by atoms with Gasteiger partial charge in [0.2, 0.25) is 0 Å². The molecule has 16 heteroatoms. The van der Waals surface area contributed by atoms with Crippen molar-refractivity contribution in [3.05, 3.63) is 12.2 Å². The van der Waals surface area contributed by atoms with Gasteiger partial charge < -0.3 is 62.5 Å². The number of epoxide rings is 1. The standard InChI is InChI=1S/C40H65NO15/c1-11-32(45)54-39-24(5)51-35(20-40(39,7)47)56-36-23(4)50-34(18-27(36)41(8)9)55-37-26(14-15-42)16-21(2)28(44)12-13-29-30(53-29)17-22(3)49-33(46)19-31(38(37)48-10)52-25(6)43/h12-13,15,21-24,26-31,34-39,44,47H,11,14,16-20H2,1-10H3/b13-12+/t21-,22+,23+,24+,26+,27-,28+,29-,30-,31-,34-,35-,36+,37+,38-,39-,40-/m0/s1. The highest BCUT2D eigenvalue weighted by Gasteiger charge is 2.50. The van der Waals surface area contributed by atoms with Crippen molar-refractivity contribution in [3.8, 4) is 0 Å². The van der Waals surface area contributed by atoms with Crippen molar-refractivity contribution in [3.63, 3.8) is 0 Å². The summed E-state index contributed by atoms with van der Waals surface area (Å²) in [5.74, 6) is -2.63. The fraction of sp³-hybridized carbons (Fsp3) is 0.850. The van der Waals surface area contributed by atoms with Crippen LogP contribution < -0.4 is 0 Å². The summed E-state index contributed by atoms with van der Waals surface area (Å²) >= 11 is 0. The minimum atomic E-state index is -1.42. The first-order valence-corrected chi connectivity index (χ1v) is 19.9. The maximum atomic E-state index is 13.3. The van der Waals surface area contributed by atoms with Crippen LogP contribution >= 0.6 is 0 Å². The minimum absolute atomic E-state index is 0.00416. The highest BCUT2D eigenvalue weighted by molar-refractivity contribution is 5.72. The second-order valence-corrected chi connectivity index (χ2v) is 16.3. The van der Waals surface area contributed by atoms with Crippen molar-refractivity contribution in [1.82, 2.24) is 4.90 Å². The first kappa shape index (κ1) is 46.2. The topological polar surface area (TPSA) is 198 Å². The predicted octanol–water partition coefficient (Wildman–Crippen LogP) is 2.62. The number of rotatable bonds is 11. The Kier molecular flexibility index (Phi) is 16.8. The van der Waals surface area contributed by atoms with Crippen LogP contribution in [0.2, 0.25) is 0 Å². The number of likely N-dealkylation sites (N-methyl/N-ethyl adjacent to an activating group) is 1. The molecule has 4 aliphatic rings. The number of carbonyl (C=O) groups is 4. The molecule has 2 N–H and O–H groups in total. The SMILES string of the molecule is CCC(=O)O[C@H]1[C@@H](C)O[C@@H](O[C@@H]2[C@@H](C)O[C@@H](O[C@@H]3[C@H](CC=O)C[C@H](C)[C@H](O)/C=C/[C@@H]4O[C@H]4C[C@@H](C)OC(=O)C[C@H](OC(C)=O)[C@@H]3OC)C[C@@H]2N(C)C)C[C@]1(C)O. The maximum Gasteiger partial charge on any atom is 0.309 e. The summed E-state index contributed by atoms with van der Waals surface area (Å²) in [5, 5.41) is 22.5. The molecule has 0 bridgehead atoms. The molecular weight excluding hydrogens is 734 g/mol. The molecule has 0 radical (unpaired) electrons. The molecule has 0 amide bonds. The molecule has 0 aromatic heterocycles. The smallest absolute Gasteiger partial charge is 0.309 e. The van der Waals surface area contributed by atoms with Crippen LogP contribution in [-0.2, 0) is 61.8 Å². The van der Waals surface area contributed by atoms with E-state index in [1.165, 1.54) is 14.0 Å². The van der Waals surface area contributed by atoms with Gasteiger partial charge in [0, 0.05) is 52.2 Å². The van der Waals surface area contributed by atoms with Crippen LogP contribution in [0, 0.1) is 11.8 Å². The van der Waals surface area contributed by atoms with Gasteiger partial charge in [-0.1, -0.05) is 26.0 Å². The van der Waals surface area contributed by atoms with E-state index in [1.807, 2.05) is 32.8 Å². The highest BCUT2D eigenvalue weighted by Crippen LogP contribution is 2.38. The number of carbonyl (C=O) groups excluding carboxylic acids is 4. The van der Waals surface area contributed by atoms with Crippen LogP contribution in [0.3, 0.4) is 0 Å². The van der Waals surface area contributed by atoms with Crippen LogP contribution in [0.25, 0.3) is 0 Å². The van der Waals surface area contributed by atoms with Crippen molar-refractivity contribution >= 4 is 24.2 Å². The van der Waals surface area contributed by atoms with E-state index in [9.17, 15) is 29.4 Å². The van der Waals surface area contributed by atoms with Gasteiger partial charge in [0.05, 0.1) is 36.9 Å². The van der Waals surface area contributed by atoms with Crippen molar-refractivity contribution in [2.45, 2.75) is 185 Å². The fourth-order valence-electron chi connectivity index (χ4n) is 8.24. The van der Waals surface area contributed by atoms with Gasteiger partial charge in [-0.25, -0.2) is 0 Å². The summed E-state index contributed by atoms with van der Waals surface area (Å²) in [6, 6.07) is -0.306. The molecule has 0 spiro atoms. The van der Waals surface area contributed by atoms with E-state index in [0.29, 0.717) is 12.8 Å². The third-order valence-electron chi connectivity index (χ3n) is 11.2. The molecular formula is C40H65NO15. The second-order valence-electron chi connectivity index (χ2n) is 16.3. The molecule has 3 saturated heterocycles. The van der Waals surface area contributed by atoms with Gasteiger partial charge in [0.25, 0.3) is 0 Å². The third kappa shape index (κ3) is 12.5. The number of hydrogen-bond donors (Lipinski definition) is 2. The Morgan fingerprint density at radius 3 is 2.25 bits per heavy atom. The number of fused-ring (bicyclic) bond motifs is 1. The molecule has 4 heterocycles. The lowest BCUT2D eigenvalue weighted by molar-refractivity contribution is -0.325. The predicted molar refractivity (Wildman–Crippen MR) is 199 cm³/mol.